The zero-order valence-electron chi connectivity index (χ0n) is 18.5. The molecule has 0 spiro atoms. The number of nitrogens with zero attached hydrogens (tertiary/aromatic N) is 2. The minimum Gasteiger partial charge on any atom is -0.465 e. The lowest BCUT2D eigenvalue weighted by Crippen LogP contribution is -2.50. The number of furan rings is 1. The molecule has 1 aliphatic carbocycles. The molecule has 2 aromatic rings. The van der Waals surface area contributed by atoms with E-state index in [4.69, 9.17) is 4.42 Å². The van der Waals surface area contributed by atoms with Crippen LogP contribution >= 0.6 is 0 Å². The number of hydrogen-bond acceptors (Lipinski definition) is 4. The van der Waals surface area contributed by atoms with Crippen LogP contribution in [0.2, 0.25) is 0 Å². The molecule has 1 aromatic carbocycles. The predicted molar refractivity (Wildman–Crippen MR) is 122 cm³/mol. The highest BCUT2D eigenvalue weighted by molar-refractivity contribution is 5.48. The van der Waals surface area contributed by atoms with Gasteiger partial charge in [-0.2, -0.15) is 0 Å². The lowest BCUT2D eigenvalue weighted by atomic mass is 9.77. The summed E-state index contributed by atoms with van der Waals surface area (Å²) >= 11 is 0. The fraction of sp³-hybridized carbons (Fsp3) is 0.538. The molecule has 1 saturated carbocycles. The molecule has 0 amide bonds. The van der Waals surface area contributed by atoms with E-state index in [9.17, 15) is 5.11 Å². The van der Waals surface area contributed by atoms with E-state index in [2.05, 4.69) is 54.1 Å². The Morgan fingerprint density at radius 1 is 1.13 bits per heavy atom. The molecule has 4 heteroatoms. The van der Waals surface area contributed by atoms with Crippen molar-refractivity contribution in [2.24, 2.45) is 5.92 Å². The van der Waals surface area contributed by atoms with Gasteiger partial charge in [0.15, 0.2) is 0 Å². The standard InChI is InChI=1S/C26H36N2O2/c1-21-8-10-22(11-9-21)18-26(29)19-23(17-25-7-4-16-30-25)5-3-6-24(26)20-28-14-12-27(2)13-15-28/h4,7-11,16-17,24,29H,3,5-6,12-15,18-20H2,1-2H3. The van der Waals surface area contributed by atoms with Gasteiger partial charge in [-0.3, -0.25) is 0 Å². The predicted octanol–water partition coefficient (Wildman–Crippen LogP) is 4.38. The van der Waals surface area contributed by atoms with Crippen LogP contribution in [0.4, 0.5) is 0 Å². The molecule has 4 nitrogen and oxygen atoms in total. The number of piperazine rings is 1. The summed E-state index contributed by atoms with van der Waals surface area (Å²) in [6.45, 7) is 7.54. The Morgan fingerprint density at radius 2 is 1.90 bits per heavy atom. The highest BCUT2D eigenvalue weighted by Crippen LogP contribution is 2.39. The number of aliphatic hydroxyl groups is 1. The fourth-order valence-corrected chi connectivity index (χ4v) is 5.04. The molecule has 4 rings (SSSR count). The average molecular weight is 409 g/mol. The molecule has 162 valence electrons. The second-order valence-corrected chi connectivity index (χ2v) is 9.45. The fourth-order valence-electron chi connectivity index (χ4n) is 5.04. The maximum atomic E-state index is 12.1. The normalized spacial score (nSPS) is 28.0. The summed E-state index contributed by atoms with van der Waals surface area (Å²) < 4.78 is 5.56. The van der Waals surface area contributed by atoms with Crippen molar-refractivity contribution < 1.29 is 9.52 Å². The van der Waals surface area contributed by atoms with Crippen LogP contribution < -0.4 is 0 Å². The summed E-state index contributed by atoms with van der Waals surface area (Å²) in [6, 6.07) is 12.6. The van der Waals surface area contributed by atoms with E-state index in [1.165, 1.54) is 16.7 Å². The van der Waals surface area contributed by atoms with Crippen molar-refractivity contribution in [3.63, 3.8) is 0 Å². The van der Waals surface area contributed by atoms with E-state index in [1.807, 2.05) is 12.1 Å². The lowest BCUT2D eigenvalue weighted by molar-refractivity contribution is -0.0347. The van der Waals surface area contributed by atoms with Crippen molar-refractivity contribution in [2.45, 2.75) is 44.6 Å². The van der Waals surface area contributed by atoms with E-state index < -0.39 is 5.60 Å². The smallest absolute Gasteiger partial charge is 0.126 e. The molecule has 2 unspecified atom stereocenters. The van der Waals surface area contributed by atoms with Crippen molar-refractivity contribution in [1.82, 2.24) is 9.80 Å². The topological polar surface area (TPSA) is 39.9 Å². The molecule has 1 aliphatic heterocycles. The maximum absolute atomic E-state index is 12.1. The van der Waals surface area contributed by atoms with Crippen LogP contribution in [0.1, 0.15) is 42.6 Å². The van der Waals surface area contributed by atoms with Gasteiger partial charge in [-0.05, 0) is 63.4 Å². The van der Waals surface area contributed by atoms with Crippen LogP contribution in [0.5, 0.6) is 0 Å². The van der Waals surface area contributed by atoms with Gasteiger partial charge in [-0.25, -0.2) is 0 Å². The zero-order valence-corrected chi connectivity index (χ0v) is 18.5. The van der Waals surface area contributed by atoms with Gasteiger partial charge >= 0.3 is 0 Å². The van der Waals surface area contributed by atoms with Crippen LogP contribution in [0.25, 0.3) is 6.08 Å². The molecule has 0 bridgehead atoms. The molecular weight excluding hydrogens is 372 g/mol. The first-order valence-electron chi connectivity index (χ1n) is 11.4. The quantitative estimate of drug-likeness (QED) is 0.745. The molecule has 30 heavy (non-hydrogen) atoms. The monoisotopic (exact) mass is 408 g/mol. The van der Waals surface area contributed by atoms with Gasteiger partial charge in [0.05, 0.1) is 11.9 Å². The molecular formula is C26H36N2O2. The number of likely N-dealkylation sites (N-methyl/N-ethyl adjacent to an activating group) is 1. The third kappa shape index (κ3) is 5.42. The van der Waals surface area contributed by atoms with Crippen molar-refractivity contribution in [2.75, 3.05) is 39.8 Å². The first-order chi connectivity index (χ1) is 14.5. The highest BCUT2D eigenvalue weighted by atomic mass is 16.3. The number of benzene rings is 1. The third-order valence-electron chi connectivity index (χ3n) is 6.94. The lowest BCUT2D eigenvalue weighted by Gasteiger charge is -2.41. The van der Waals surface area contributed by atoms with E-state index in [1.54, 1.807) is 6.26 Å². The number of hydrogen-bond donors (Lipinski definition) is 1. The maximum Gasteiger partial charge on any atom is 0.126 e. The minimum atomic E-state index is -0.729. The Kier molecular flexibility index (Phi) is 6.77. The summed E-state index contributed by atoms with van der Waals surface area (Å²) in [4.78, 5) is 4.96. The van der Waals surface area contributed by atoms with Gasteiger partial charge in [0.25, 0.3) is 0 Å². The zero-order chi connectivity index (χ0) is 21.0. The molecule has 2 atom stereocenters. The minimum absolute atomic E-state index is 0.282. The molecule has 2 aliphatic rings. The van der Waals surface area contributed by atoms with Crippen LogP contribution in [0, 0.1) is 12.8 Å². The van der Waals surface area contributed by atoms with Crippen LogP contribution in [-0.2, 0) is 6.42 Å². The Morgan fingerprint density at radius 3 is 2.60 bits per heavy atom. The van der Waals surface area contributed by atoms with Gasteiger partial charge in [-0.15, -0.1) is 0 Å². The molecule has 1 saturated heterocycles. The third-order valence-corrected chi connectivity index (χ3v) is 6.94. The van der Waals surface area contributed by atoms with Crippen LogP contribution in [0.3, 0.4) is 0 Å². The Bertz CT molecular complexity index is 819. The van der Waals surface area contributed by atoms with Crippen molar-refractivity contribution in [1.29, 1.82) is 0 Å². The van der Waals surface area contributed by atoms with Crippen molar-refractivity contribution >= 4 is 6.08 Å². The van der Waals surface area contributed by atoms with E-state index in [0.717, 1.165) is 64.2 Å². The van der Waals surface area contributed by atoms with Crippen LogP contribution in [0.15, 0.2) is 52.7 Å². The number of aryl methyl sites for hydroxylation is 1. The second-order valence-electron chi connectivity index (χ2n) is 9.45. The summed E-state index contributed by atoms with van der Waals surface area (Å²) in [5, 5.41) is 12.1. The van der Waals surface area contributed by atoms with E-state index in [-0.39, 0.29) is 5.92 Å². The Labute approximate surface area is 181 Å². The van der Waals surface area contributed by atoms with Gasteiger partial charge in [0, 0.05) is 45.1 Å². The van der Waals surface area contributed by atoms with Crippen molar-refractivity contribution in [3.05, 3.63) is 65.1 Å². The molecule has 2 fully saturated rings. The van der Waals surface area contributed by atoms with Gasteiger partial charge in [0.2, 0.25) is 0 Å². The molecule has 0 radical (unpaired) electrons. The molecule has 2 heterocycles. The van der Waals surface area contributed by atoms with Gasteiger partial charge in [-0.1, -0.05) is 35.4 Å². The first-order valence-corrected chi connectivity index (χ1v) is 11.4. The summed E-state index contributed by atoms with van der Waals surface area (Å²) in [5.41, 5.74) is 3.07. The number of rotatable bonds is 5. The average Bonchev–Trinajstić information content (AvgIpc) is 3.18. The summed E-state index contributed by atoms with van der Waals surface area (Å²) in [5.74, 6) is 1.17. The Hall–Kier alpha value is -1.88. The van der Waals surface area contributed by atoms with Crippen molar-refractivity contribution in [3.8, 4) is 0 Å². The van der Waals surface area contributed by atoms with E-state index in [0.29, 0.717) is 6.42 Å². The summed E-state index contributed by atoms with van der Waals surface area (Å²) in [7, 11) is 2.20. The largest absolute Gasteiger partial charge is 0.465 e. The van der Waals surface area contributed by atoms with Gasteiger partial charge < -0.3 is 19.3 Å². The first kappa shape index (κ1) is 21.4. The van der Waals surface area contributed by atoms with Gasteiger partial charge in [0.1, 0.15) is 5.76 Å². The van der Waals surface area contributed by atoms with Crippen LogP contribution in [-0.4, -0.2) is 60.3 Å². The molecule has 1 N–H and O–H groups in total. The second kappa shape index (κ2) is 9.51. The highest BCUT2D eigenvalue weighted by Gasteiger charge is 2.40. The summed E-state index contributed by atoms with van der Waals surface area (Å²) in [6.07, 6.45) is 8.54. The SMILES string of the molecule is Cc1ccc(CC2(O)CC(=Cc3ccco3)CCCC2CN2CCN(C)CC2)cc1. The van der Waals surface area contributed by atoms with E-state index >= 15 is 0 Å². The molecule has 1 aromatic heterocycles. The Balaban J connectivity index is 1.57.